The molecule has 356 valence electrons. The fourth-order valence-corrected chi connectivity index (χ4v) is 9.74. The van der Waals surface area contributed by atoms with Gasteiger partial charge in [0.05, 0.1) is 53.3 Å². The van der Waals surface area contributed by atoms with Gasteiger partial charge in [0.2, 0.25) is 0 Å². The van der Waals surface area contributed by atoms with Crippen LogP contribution in [-0.2, 0) is 15.9 Å². The molecule has 6 aromatic rings. The van der Waals surface area contributed by atoms with Crippen LogP contribution in [0.3, 0.4) is 0 Å². The van der Waals surface area contributed by atoms with Crippen molar-refractivity contribution in [2.24, 2.45) is 0 Å². The number of piperazine rings is 2. The van der Waals surface area contributed by atoms with Crippen molar-refractivity contribution >= 4 is 104 Å². The van der Waals surface area contributed by atoms with Crippen LogP contribution in [0.15, 0.2) is 133 Å². The van der Waals surface area contributed by atoms with Crippen LogP contribution < -0.4 is 15.1 Å². The average Bonchev–Trinajstić information content (AvgIpc) is 4.12. The second-order valence-corrected chi connectivity index (χ2v) is 19.7. The molecule has 3 heterocycles. The minimum Gasteiger partial charge on any atom is -0.393 e. The molecule has 0 bridgehead atoms. The second kappa shape index (κ2) is 24.2. The normalized spacial score (nSPS) is 20.0. The molecule has 3 aliphatic rings. The number of benzene rings is 6. The summed E-state index contributed by atoms with van der Waals surface area (Å²) in [6.07, 6.45) is 0. The first kappa shape index (κ1) is 53.4. The fourth-order valence-electron chi connectivity index (χ4n) is 8.20. The summed E-state index contributed by atoms with van der Waals surface area (Å²) < 4.78 is 5.18. The molecule has 0 amide bonds. The van der Waals surface area contributed by atoms with Crippen LogP contribution in [-0.4, -0.2) is 85.9 Å². The standard InChI is InChI=1S/C25H24Cl4N2O2.C16H15Cl3N2.C9H9ClO2.CH4/c26-19-5-1-17(2-6-19)24-14-30(11-12-31(24)23-10-9-21(28)13-22(23)29)15-25(33,16-32)18-3-7-20(27)8-4-18;17-12-3-1-11(2-4-12)16-10-20-7-8-21(16)15-6-5-13(18)9-14(15)19;10-8-3-1-7(2-4-8)9(5-11)6-12-9;/h1-10,13,24,32-33H,11-12,14-16H2;1-6,9,16,20H,7-8,10H2;1-4,11H,5-6H2;1H4/t24-,25?;16-;;/m00../s1. The Kier molecular flexibility index (Phi) is 19.3. The third-order valence-corrected chi connectivity index (χ3v) is 14.0. The van der Waals surface area contributed by atoms with Crippen molar-refractivity contribution in [1.82, 2.24) is 10.2 Å². The van der Waals surface area contributed by atoms with Crippen LogP contribution in [0.25, 0.3) is 0 Å². The summed E-state index contributed by atoms with van der Waals surface area (Å²) in [7, 11) is 0. The molecule has 0 radical (unpaired) electrons. The molecule has 0 spiro atoms. The quantitative estimate of drug-likeness (QED) is 0.101. The summed E-state index contributed by atoms with van der Waals surface area (Å²) in [5.74, 6) is 0. The lowest BCUT2D eigenvalue weighted by atomic mass is 9.92. The van der Waals surface area contributed by atoms with Crippen molar-refractivity contribution in [3.63, 3.8) is 0 Å². The van der Waals surface area contributed by atoms with Crippen molar-refractivity contribution in [3.05, 3.63) is 196 Å². The van der Waals surface area contributed by atoms with E-state index in [1.54, 1.807) is 48.5 Å². The van der Waals surface area contributed by atoms with Crippen LogP contribution >= 0.6 is 92.8 Å². The van der Waals surface area contributed by atoms with E-state index in [0.717, 1.165) is 47.2 Å². The number of epoxide rings is 1. The van der Waals surface area contributed by atoms with Gasteiger partial charge in [-0.05, 0) is 107 Å². The van der Waals surface area contributed by atoms with E-state index in [1.165, 1.54) is 5.56 Å². The highest BCUT2D eigenvalue weighted by Gasteiger charge is 2.46. The van der Waals surface area contributed by atoms with Gasteiger partial charge in [0.1, 0.15) is 11.2 Å². The van der Waals surface area contributed by atoms with Crippen LogP contribution in [0.4, 0.5) is 11.4 Å². The van der Waals surface area contributed by atoms with Crippen molar-refractivity contribution in [2.45, 2.75) is 30.7 Å². The second-order valence-electron chi connectivity index (χ2n) is 16.3. The van der Waals surface area contributed by atoms with Crippen LogP contribution in [0.2, 0.25) is 40.2 Å². The summed E-state index contributed by atoms with van der Waals surface area (Å²) in [5.41, 5.74) is 4.00. The summed E-state index contributed by atoms with van der Waals surface area (Å²) in [6, 6.07) is 41.4. The van der Waals surface area contributed by atoms with Crippen molar-refractivity contribution in [1.29, 1.82) is 0 Å². The van der Waals surface area contributed by atoms with E-state index < -0.39 is 17.8 Å². The molecular formula is C51H52Cl8N4O4. The lowest BCUT2D eigenvalue weighted by molar-refractivity contribution is -0.0481. The Morgan fingerprint density at radius 1 is 0.582 bits per heavy atom. The Hall–Kier alpha value is -3.00. The number of hydrogen-bond donors (Lipinski definition) is 4. The van der Waals surface area contributed by atoms with Gasteiger partial charge in [0.15, 0.2) is 0 Å². The highest BCUT2D eigenvalue weighted by Crippen LogP contribution is 2.40. The fraction of sp³-hybridized carbons (Fsp3) is 0.294. The van der Waals surface area contributed by atoms with Gasteiger partial charge in [-0.2, -0.15) is 0 Å². The van der Waals surface area contributed by atoms with Crippen LogP contribution in [0.1, 0.15) is 41.8 Å². The number of β-amino-alcohol motifs (C(OH)–C–C–N with tert-alkyl or cyclic N) is 1. The van der Waals surface area contributed by atoms with Gasteiger partial charge in [0, 0.05) is 75.9 Å². The van der Waals surface area contributed by atoms with Crippen molar-refractivity contribution in [2.75, 3.05) is 75.4 Å². The summed E-state index contributed by atoms with van der Waals surface area (Å²) in [5, 5.41) is 39.0. The van der Waals surface area contributed by atoms with Gasteiger partial charge >= 0.3 is 0 Å². The summed E-state index contributed by atoms with van der Waals surface area (Å²) >= 11 is 48.9. The molecule has 0 aromatic heterocycles. The van der Waals surface area contributed by atoms with E-state index in [9.17, 15) is 10.2 Å². The molecule has 16 heteroatoms. The maximum absolute atomic E-state index is 11.3. The first-order chi connectivity index (χ1) is 31.7. The Labute approximate surface area is 433 Å². The van der Waals surface area contributed by atoms with Gasteiger partial charge in [-0.1, -0.05) is 149 Å². The Morgan fingerprint density at radius 3 is 1.49 bits per heavy atom. The number of nitrogens with one attached hydrogen (secondary N) is 1. The van der Waals surface area contributed by atoms with Gasteiger partial charge in [0.25, 0.3) is 0 Å². The van der Waals surface area contributed by atoms with Gasteiger partial charge < -0.3 is 35.2 Å². The number of aliphatic hydroxyl groups is 3. The Bertz CT molecular complexity index is 2520. The Morgan fingerprint density at radius 2 is 1.03 bits per heavy atom. The number of aliphatic hydroxyl groups excluding tert-OH is 2. The zero-order valence-corrected chi connectivity index (χ0v) is 41.6. The van der Waals surface area contributed by atoms with Crippen LogP contribution in [0, 0.1) is 0 Å². The molecule has 0 aliphatic carbocycles. The molecular weight excluding hydrogens is 1020 g/mol. The van der Waals surface area contributed by atoms with Crippen molar-refractivity contribution < 1.29 is 20.1 Å². The van der Waals surface area contributed by atoms with Gasteiger partial charge in [-0.25, -0.2) is 0 Å². The first-order valence-corrected chi connectivity index (χ1v) is 24.2. The number of rotatable bonds is 10. The minimum atomic E-state index is -1.41. The number of ether oxygens (including phenoxy) is 1. The number of nitrogens with zero attached hydrogens (tertiary/aromatic N) is 3. The molecule has 8 nitrogen and oxygen atoms in total. The predicted octanol–water partition coefficient (Wildman–Crippen LogP) is 13.0. The smallest absolute Gasteiger partial charge is 0.139 e. The lowest BCUT2D eigenvalue weighted by Gasteiger charge is -2.45. The molecule has 3 aliphatic heterocycles. The highest BCUT2D eigenvalue weighted by atomic mass is 35.5. The van der Waals surface area contributed by atoms with E-state index in [-0.39, 0.29) is 32.7 Å². The maximum atomic E-state index is 11.3. The molecule has 9 rings (SSSR count). The zero-order chi connectivity index (χ0) is 47.0. The molecule has 4 atom stereocenters. The zero-order valence-electron chi connectivity index (χ0n) is 35.5. The SMILES string of the molecule is C.Clc1ccc([C@@H]2CNCCN2c2ccc(Cl)cc2Cl)cc1.OCC(O)(CN1CCN(c2ccc(Cl)cc2Cl)[C@H](c2ccc(Cl)cc2)C1)c1ccc(Cl)cc1.OCC1(c2ccc(Cl)cc2)CO1. The summed E-state index contributed by atoms with van der Waals surface area (Å²) in [4.78, 5) is 6.72. The monoisotopic (exact) mass is 1060 g/mol. The molecule has 67 heavy (non-hydrogen) atoms. The molecule has 6 aromatic carbocycles. The van der Waals surface area contributed by atoms with E-state index in [4.69, 9.17) is 103 Å². The number of halogens is 8. The third kappa shape index (κ3) is 13.7. The predicted molar refractivity (Wildman–Crippen MR) is 281 cm³/mol. The largest absolute Gasteiger partial charge is 0.393 e. The molecule has 0 saturated carbocycles. The molecule has 3 saturated heterocycles. The third-order valence-electron chi connectivity index (χ3n) is 11.9. The van der Waals surface area contributed by atoms with Crippen molar-refractivity contribution in [3.8, 4) is 0 Å². The van der Waals surface area contributed by atoms with Gasteiger partial charge in [-0.3, -0.25) is 4.90 Å². The van der Waals surface area contributed by atoms with E-state index in [2.05, 4.69) is 32.1 Å². The topological polar surface area (TPSA) is 95.0 Å². The lowest BCUT2D eigenvalue weighted by Crippen LogP contribution is -2.53. The van der Waals surface area contributed by atoms with Crippen LogP contribution in [0.5, 0.6) is 0 Å². The average molecular weight is 1070 g/mol. The maximum Gasteiger partial charge on any atom is 0.139 e. The first-order valence-electron chi connectivity index (χ1n) is 21.2. The van der Waals surface area contributed by atoms with E-state index in [0.29, 0.717) is 67.0 Å². The molecule has 3 fully saturated rings. The highest BCUT2D eigenvalue weighted by molar-refractivity contribution is 6.37. The number of anilines is 2. The Balaban J connectivity index is 0.000000185. The molecule has 4 N–H and O–H groups in total. The summed E-state index contributed by atoms with van der Waals surface area (Å²) in [6.45, 7) is 5.20. The van der Waals surface area contributed by atoms with Gasteiger partial charge in [-0.15, -0.1) is 0 Å². The number of hydrogen-bond acceptors (Lipinski definition) is 8. The van der Waals surface area contributed by atoms with E-state index >= 15 is 0 Å². The molecule has 2 unspecified atom stereocenters. The minimum absolute atomic E-state index is 0. The van der Waals surface area contributed by atoms with E-state index in [1.807, 2.05) is 72.8 Å².